The van der Waals surface area contributed by atoms with Crippen molar-refractivity contribution < 1.29 is 0 Å². The van der Waals surface area contributed by atoms with Gasteiger partial charge >= 0.3 is 0 Å². The molecule has 1 saturated heterocycles. The van der Waals surface area contributed by atoms with E-state index in [1.165, 1.54) is 0 Å². The minimum Gasteiger partial charge on any atom is -0.353 e. The second-order valence-electron chi connectivity index (χ2n) is 5.46. The molecule has 24 heavy (non-hydrogen) atoms. The Hall–Kier alpha value is -2.02. The van der Waals surface area contributed by atoms with Gasteiger partial charge in [0.05, 0.1) is 10.4 Å². The number of halogens is 2. The predicted octanol–water partition coefficient (Wildman–Crippen LogP) is 2.80. The topological polar surface area (TPSA) is 66.8 Å². The van der Waals surface area contributed by atoms with Gasteiger partial charge in [-0.3, -0.25) is 4.98 Å². The number of aromatic nitrogens is 4. The Labute approximate surface area is 148 Å². The Morgan fingerprint density at radius 1 is 1.04 bits per heavy atom. The molecule has 0 radical (unpaired) electrons. The SMILES string of the molecule is Clc1ncc(Cl)c2c(N3CCNCC3)nc(-c3ccncc3)nc12. The van der Waals surface area contributed by atoms with Gasteiger partial charge in [0.15, 0.2) is 11.0 Å². The third-order valence-electron chi connectivity index (χ3n) is 3.97. The van der Waals surface area contributed by atoms with E-state index in [1.807, 2.05) is 12.1 Å². The fourth-order valence-corrected chi connectivity index (χ4v) is 3.20. The largest absolute Gasteiger partial charge is 0.353 e. The van der Waals surface area contributed by atoms with Gasteiger partial charge in [-0.05, 0) is 12.1 Å². The standard InChI is InChI=1S/C16H14Cl2N6/c17-11-9-21-14(18)13-12(11)16(24-7-5-20-6-8-24)23-15(22-13)10-1-3-19-4-2-10/h1-4,9,20H,5-8H2. The molecule has 0 atom stereocenters. The first kappa shape index (κ1) is 15.5. The molecule has 1 fully saturated rings. The van der Waals surface area contributed by atoms with Gasteiger partial charge < -0.3 is 10.2 Å². The smallest absolute Gasteiger partial charge is 0.162 e. The molecule has 8 heteroatoms. The van der Waals surface area contributed by atoms with Crippen LogP contribution in [0.1, 0.15) is 0 Å². The van der Waals surface area contributed by atoms with E-state index in [9.17, 15) is 0 Å². The van der Waals surface area contributed by atoms with E-state index in [1.54, 1.807) is 18.6 Å². The van der Waals surface area contributed by atoms with Crippen molar-refractivity contribution in [2.24, 2.45) is 0 Å². The summed E-state index contributed by atoms with van der Waals surface area (Å²) in [5.41, 5.74) is 1.44. The van der Waals surface area contributed by atoms with Crippen molar-refractivity contribution >= 4 is 39.9 Å². The quantitative estimate of drug-likeness (QED) is 0.708. The lowest BCUT2D eigenvalue weighted by molar-refractivity contribution is 0.586. The van der Waals surface area contributed by atoms with Crippen LogP contribution in [0, 0.1) is 0 Å². The van der Waals surface area contributed by atoms with Crippen LogP contribution < -0.4 is 10.2 Å². The maximum atomic E-state index is 6.40. The van der Waals surface area contributed by atoms with Crippen LogP contribution in [0.15, 0.2) is 30.7 Å². The zero-order chi connectivity index (χ0) is 16.5. The number of hydrogen-bond donors (Lipinski definition) is 1. The molecule has 0 spiro atoms. The summed E-state index contributed by atoms with van der Waals surface area (Å²) in [6.07, 6.45) is 4.98. The van der Waals surface area contributed by atoms with Crippen LogP contribution >= 0.6 is 23.2 Å². The van der Waals surface area contributed by atoms with Crippen LogP contribution in [0.3, 0.4) is 0 Å². The number of hydrogen-bond acceptors (Lipinski definition) is 6. The molecule has 0 unspecified atom stereocenters. The molecular weight excluding hydrogens is 347 g/mol. The van der Waals surface area contributed by atoms with Crippen molar-refractivity contribution in [2.75, 3.05) is 31.1 Å². The van der Waals surface area contributed by atoms with Gasteiger partial charge in [0.25, 0.3) is 0 Å². The lowest BCUT2D eigenvalue weighted by atomic mass is 10.2. The van der Waals surface area contributed by atoms with Gasteiger partial charge in [0, 0.05) is 50.3 Å². The van der Waals surface area contributed by atoms with E-state index in [0.717, 1.165) is 42.9 Å². The molecule has 4 heterocycles. The van der Waals surface area contributed by atoms with Crippen LogP contribution in [-0.4, -0.2) is 46.1 Å². The molecule has 0 aliphatic carbocycles. The number of rotatable bonds is 2. The van der Waals surface area contributed by atoms with Crippen LogP contribution in [-0.2, 0) is 0 Å². The summed E-state index contributed by atoms with van der Waals surface area (Å²) in [5, 5.41) is 4.91. The lowest BCUT2D eigenvalue weighted by Gasteiger charge is -2.29. The second kappa shape index (κ2) is 6.47. The minimum atomic E-state index is 0.323. The first-order chi connectivity index (χ1) is 11.7. The van der Waals surface area contributed by atoms with E-state index in [0.29, 0.717) is 21.5 Å². The molecule has 0 aromatic carbocycles. The highest BCUT2D eigenvalue weighted by Crippen LogP contribution is 2.35. The molecule has 0 bridgehead atoms. The van der Waals surface area contributed by atoms with E-state index >= 15 is 0 Å². The highest BCUT2D eigenvalue weighted by Gasteiger charge is 2.21. The molecular formula is C16H14Cl2N6. The van der Waals surface area contributed by atoms with Gasteiger partial charge in [0.1, 0.15) is 11.3 Å². The number of pyridine rings is 2. The molecule has 1 aliphatic heterocycles. The summed E-state index contributed by atoms with van der Waals surface area (Å²) in [6.45, 7) is 3.48. The first-order valence-corrected chi connectivity index (χ1v) is 8.37. The van der Waals surface area contributed by atoms with E-state index in [2.05, 4.69) is 25.2 Å². The molecule has 1 N–H and O–H groups in total. The summed E-state index contributed by atoms with van der Waals surface area (Å²) >= 11 is 12.7. The lowest BCUT2D eigenvalue weighted by Crippen LogP contribution is -2.44. The van der Waals surface area contributed by atoms with Crippen LogP contribution in [0.2, 0.25) is 10.2 Å². The molecule has 6 nitrogen and oxygen atoms in total. The van der Waals surface area contributed by atoms with E-state index < -0.39 is 0 Å². The maximum absolute atomic E-state index is 6.40. The van der Waals surface area contributed by atoms with E-state index in [4.69, 9.17) is 28.2 Å². The fraction of sp³-hybridized carbons (Fsp3) is 0.250. The van der Waals surface area contributed by atoms with Crippen LogP contribution in [0.4, 0.5) is 5.82 Å². The zero-order valence-corrected chi connectivity index (χ0v) is 14.2. The number of anilines is 1. The summed E-state index contributed by atoms with van der Waals surface area (Å²) in [4.78, 5) is 19.8. The highest BCUT2D eigenvalue weighted by molar-refractivity contribution is 6.39. The third-order valence-corrected chi connectivity index (χ3v) is 4.53. The molecule has 0 amide bonds. The minimum absolute atomic E-state index is 0.323. The van der Waals surface area contributed by atoms with Crippen molar-refractivity contribution in [3.8, 4) is 11.4 Å². The van der Waals surface area contributed by atoms with Crippen LogP contribution in [0.5, 0.6) is 0 Å². The Morgan fingerprint density at radius 2 is 1.79 bits per heavy atom. The van der Waals surface area contributed by atoms with Crippen molar-refractivity contribution in [1.29, 1.82) is 0 Å². The third kappa shape index (κ3) is 2.77. The monoisotopic (exact) mass is 360 g/mol. The first-order valence-electron chi connectivity index (χ1n) is 7.62. The van der Waals surface area contributed by atoms with E-state index in [-0.39, 0.29) is 0 Å². The summed E-state index contributed by atoms with van der Waals surface area (Å²) in [5.74, 6) is 1.38. The number of nitrogens with zero attached hydrogens (tertiary/aromatic N) is 5. The predicted molar refractivity (Wildman–Crippen MR) is 95.7 cm³/mol. The maximum Gasteiger partial charge on any atom is 0.162 e. The number of nitrogens with one attached hydrogen (secondary N) is 1. The van der Waals surface area contributed by atoms with Crippen molar-refractivity contribution in [3.05, 3.63) is 40.9 Å². The zero-order valence-electron chi connectivity index (χ0n) is 12.7. The fourth-order valence-electron chi connectivity index (χ4n) is 2.79. The molecule has 3 aromatic rings. The number of fused-ring (bicyclic) bond motifs is 1. The molecule has 4 rings (SSSR count). The Balaban J connectivity index is 1.98. The molecule has 0 saturated carbocycles. The summed E-state index contributed by atoms with van der Waals surface area (Å²) in [6, 6.07) is 3.74. The molecule has 122 valence electrons. The molecule has 1 aliphatic rings. The van der Waals surface area contributed by atoms with Crippen molar-refractivity contribution in [2.45, 2.75) is 0 Å². The van der Waals surface area contributed by atoms with Gasteiger partial charge in [-0.2, -0.15) is 0 Å². The van der Waals surface area contributed by atoms with Gasteiger partial charge in [-0.1, -0.05) is 23.2 Å². The average molecular weight is 361 g/mol. The van der Waals surface area contributed by atoms with Gasteiger partial charge in [-0.15, -0.1) is 0 Å². The highest BCUT2D eigenvalue weighted by atomic mass is 35.5. The normalized spacial score (nSPS) is 15.0. The van der Waals surface area contributed by atoms with Gasteiger partial charge in [0.2, 0.25) is 0 Å². The number of piperazine rings is 1. The Morgan fingerprint density at radius 3 is 2.54 bits per heavy atom. The van der Waals surface area contributed by atoms with Gasteiger partial charge in [-0.25, -0.2) is 15.0 Å². The van der Waals surface area contributed by atoms with Crippen molar-refractivity contribution in [1.82, 2.24) is 25.3 Å². The van der Waals surface area contributed by atoms with Crippen molar-refractivity contribution in [3.63, 3.8) is 0 Å². The summed E-state index contributed by atoms with van der Waals surface area (Å²) in [7, 11) is 0. The molecule has 3 aromatic heterocycles. The van der Waals surface area contributed by atoms with Crippen LogP contribution in [0.25, 0.3) is 22.3 Å². The Kier molecular flexibility index (Phi) is 4.18. The Bertz CT molecular complexity index is 881. The average Bonchev–Trinajstić information content (AvgIpc) is 2.65. The summed E-state index contributed by atoms with van der Waals surface area (Å²) < 4.78 is 0. The second-order valence-corrected chi connectivity index (χ2v) is 6.23.